The Morgan fingerprint density at radius 1 is 0.850 bits per heavy atom. The number of aromatic hydroxyl groups is 1. The van der Waals surface area contributed by atoms with E-state index in [0.29, 0.717) is 0 Å². The van der Waals surface area contributed by atoms with Gasteiger partial charge >= 0.3 is 0 Å². The van der Waals surface area contributed by atoms with Gasteiger partial charge in [0.1, 0.15) is 5.69 Å². The molecular formula is C13H8F5NO. The summed E-state index contributed by atoms with van der Waals surface area (Å²) in [5, 5.41) is 11.1. The molecule has 0 aliphatic heterocycles. The van der Waals surface area contributed by atoms with Crippen LogP contribution in [0.4, 0.5) is 27.6 Å². The van der Waals surface area contributed by atoms with E-state index in [9.17, 15) is 22.0 Å². The highest BCUT2D eigenvalue weighted by Gasteiger charge is 2.18. The molecule has 0 fully saturated rings. The molecule has 0 bridgehead atoms. The van der Waals surface area contributed by atoms with Crippen molar-refractivity contribution in [3.8, 4) is 5.75 Å². The van der Waals surface area contributed by atoms with E-state index in [1.165, 1.54) is 6.07 Å². The Kier molecular flexibility index (Phi) is 3.78. The van der Waals surface area contributed by atoms with Gasteiger partial charge in [-0.05, 0) is 17.7 Å². The maximum absolute atomic E-state index is 13.3. The van der Waals surface area contributed by atoms with Crippen LogP contribution in [0.2, 0.25) is 0 Å². The molecule has 0 heterocycles. The number of halogens is 5. The Labute approximate surface area is 110 Å². The fraction of sp³-hybridized carbons (Fsp3) is 0.0769. The predicted octanol–water partition coefficient (Wildman–Crippen LogP) is 3.70. The van der Waals surface area contributed by atoms with E-state index >= 15 is 0 Å². The lowest BCUT2D eigenvalue weighted by atomic mass is 10.2. The fourth-order valence-corrected chi connectivity index (χ4v) is 1.58. The van der Waals surface area contributed by atoms with Crippen molar-refractivity contribution in [1.29, 1.82) is 0 Å². The molecule has 20 heavy (non-hydrogen) atoms. The minimum Gasteiger partial charge on any atom is -0.505 e. The van der Waals surface area contributed by atoms with Crippen LogP contribution >= 0.6 is 0 Å². The van der Waals surface area contributed by atoms with Gasteiger partial charge in [-0.3, -0.25) is 0 Å². The molecule has 0 amide bonds. The van der Waals surface area contributed by atoms with Crippen molar-refractivity contribution < 1.29 is 27.1 Å². The van der Waals surface area contributed by atoms with Gasteiger partial charge in [-0.1, -0.05) is 6.07 Å². The summed E-state index contributed by atoms with van der Waals surface area (Å²) in [6.45, 7) is -0.284. The molecule has 0 unspecified atom stereocenters. The normalized spacial score (nSPS) is 10.7. The van der Waals surface area contributed by atoms with Gasteiger partial charge in [0.15, 0.2) is 34.8 Å². The number of phenolic OH excluding ortho intramolecular Hbond substituents is 1. The maximum Gasteiger partial charge on any atom is 0.185 e. The minimum atomic E-state index is -1.57. The predicted molar refractivity (Wildman–Crippen MR) is 61.7 cm³/mol. The zero-order valence-electron chi connectivity index (χ0n) is 9.85. The fourth-order valence-electron chi connectivity index (χ4n) is 1.58. The van der Waals surface area contributed by atoms with Crippen LogP contribution < -0.4 is 5.32 Å². The molecule has 106 valence electrons. The molecule has 2 rings (SSSR count). The highest BCUT2D eigenvalue weighted by Crippen LogP contribution is 2.25. The van der Waals surface area contributed by atoms with Gasteiger partial charge in [0.25, 0.3) is 0 Å². The minimum absolute atomic E-state index is 0.0933. The van der Waals surface area contributed by atoms with E-state index in [4.69, 9.17) is 5.11 Å². The highest BCUT2D eigenvalue weighted by molar-refractivity contribution is 5.48. The summed E-state index contributed by atoms with van der Waals surface area (Å²) in [5.74, 6) is -7.71. The average molecular weight is 289 g/mol. The molecule has 2 N–H and O–H groups in total. The third-order valence-corrected chi connectivity index (χ3v) is 2.59. The zero-order chi connectivity index (χ0) is 14.9. The number of hydrogen-bond acceptors (Lipinski definition) is 2. The average Bonchev–Trinajstić information content (AvgIpc) is 2.40. The van der Waals surface area contributed by atoms with E-state index in [-0.39, 0.29) is 18.2 Å². The van der Waals surface area contributed by atoms with Crippen molar-refractivity contribution in [2.75, 3.05) is 5.32 Å². The molecular weight excluding hydrogens is 281 g/mol. The molecule has 0 saturated carbocycles. The third kappa shape index (κ3) is 2.66. The molecule has 2 aromatic rings. The first-order chi connectivity index (χ1) is 9.40. The lowest BCUT2D eigenvalue weighted by Gasteiger charge is -2.10. The van der Waals surface area contributed by atoms with Crippen LogP contribution in [0.5, 0.6) is 5.75 Å². The third-order valence-electron chi connectivity index (χ3n) is 2.59. The van der Waals surface area contributed by atoms with E-state index in [0.717, 1.165) is 12.1 Å². The quantitative estimate of drug-likeness (QED) is 0.667. The van der Waals surface area contributed by atoms with Crippen molar-refractivity contribution in [2.24, 2.45) is 0 Å². The number of rotatable bonds is 3. The van der Waals surface area contributed by atoms with Crippen LogP contribution in [0.3, 0.4) is 0 Å². The van der Waals surface area contributed by atoms with E-state index in [1.807, 2.05) is 0 Å². The van der Waals surface area contributed by atoms with Crippen LogP contribution in [0, 0.1) is 29.1 Å². The first kappa shape index (κ1) is 14.1. The molecule has 0 aromatic heterocycles. The summed E-state index contributed by atoms with van der Waals surface area (Å²) >= 11 is 0. The Bertz CT molecular complexity index is 633. The van der Waals surface area contributed by atoms with Crippen molar-refractivity contribution in [3.05, 3.63) is 58.9 Å². The Morgan fingerprint density at radius 2 is 1.45 bits per heavy atom. The largest absolute Gasteiger partial charge is 0.505 e. The summed E-state index contributed by atoms with van der Waals surface area (Å²) in [7, 11) is 0. The SMILES string of the molecule is Oc1ccc(CNc2c(F)c(F)cc(F)c2F)cc1F. The molecule has 7 heteroatoms. The van der Waals surface area contributed by atoms with Gasteiger partial charge < -0.3 is 10.4 Å². The van der Waals surface area contributed by atoms with Crippen molar-refractivity contribution in [1.82, 2.24) is 0 Å². The Balaban J connectivity index is 2.25. The van der Waals surface area contributed by atoms with Crippen LogP contribution in [0.1, 0.15) is 5.56 Å². The van der Waals surface area contributed by atoms with E-state index < -0.39 is 40.5 Å². The monoisotopic (exact) mass is 289 g/mol. The van der Waals surface area contributed by atoms with Crippen LogP contribution in [0.15, 0.2) is 24.3 Å². The number of nitrogens with one attached hydrogen (secondary N) is 1. The summed E-state index contributed by atoms with van der Waals surface area (Å²) in [5.41, 5.74) is -0.750. The van der Waals surface area contributed by atoms with Gasteiger partial charge in [-0.2, -0.15) is 0 Å². The maximum atomic E-state index is 13.3. The smallest absolute Gasteiger partial charge is 0.185 e. The highest BCUT2D eigenvalue weighted by atomic mass is 19.2. The van der Waals surface area contributed by atoms with Crippen molar-refractivity contribution in [2.45, 2.75) is 6.54 Å². The molecule has 0 radical (unpaired) electrons. The second-order valence-electron chi connectivity index (χ2n) is 3.98. The lowest BCUT2D eigenvalue weighted by molar-refractivity contribution is 0.432. The van der Waals surface area contributed by atoms with E-state index in [2.05, 4.69) is 5.32 Å². The summed E-state index contributed by atoms with van der Waals surface area (Å²) in [4.78, 5) is 0. The molecule has 0 atom stereocenters. The number of phenols is 1. The van der Waals surface area contributed by atoms with Crippen LogP contribution in [-0.2, 0) is 6.54 Å². The number of hydrogen-bond donors (Lipinski definition) is 2. The second kappa shape index (κ2) is 5.36. The van der Waals surface area contributed by atoms with Gasteiger partial charge in [-0.15, -0.1) is 0 Å². The molecule has 0 spiro atoms. The molecule has 2 aromatic carbocycles. The van der Waals surface area contributed by atoms with Crippen LogP contribution in [-0.4, -0.2) is 5.11 Å². The van der Waals surface area contributed by atoms with Crippen molar-refractivity contribution >= 4 is 5.69 Å². The topological polar surface area (TPSA) is 32.3 Å². The van der Waals surface area contributed by atoms with Crippen LogP contribution in [0.25, 0.3) is 0 Å². The Morgan fingerprint density at radius 3 is 2.00 bits per heavy atom. The number of anilines is 1. The summed E-state index contributed by atoms with van der Waals surface area (Å²) < 4.78 is 65.6. The first-order valence-corrected chi connectivity index (χ1v) is 5.44. The molecule has 0 saturated heterocycles. The van der Waals surface area contributed by atoms with Gasteiger partial charge in [0, 0.05) is 12.6 Å². The van der Waals surface area contributed by atoms with Gasteiger partial charge in [-0.25, -0.2) is 22.0 Å². The van der Waals surface area contributed by atoms with Gasteiger partial charge in [0.05, 0.1) is 0 Å². The molecule has 0 aliphatic rings. The first-order valence-electron chi connectivity index (χ1n) is 5.44. The number of benzene rings is 2. The van der Waals surface area contributed by atoms with E-state index in [1.54, 1.807) is 0 Å². The molecule has 0 aliphatic carbocycles. The summed E-state index contributed by atoms with van der Waals surface area (Å²) in [6.07, 6.45) is 0. The zero-order valence-corrected chi connectivity index (χ0v) is 9.85. The Hall–Kier alpha value is -2.31. The summed E-state index contributed by atoms with van der Waals surface area (Å²) in [6, 6.07) is 3.35. The second-order valence-corrected chi connectivity index (χ2v) is 3.98. The standard InChI is InChI=1S/C13H8F5NO/c14-7-3-6(1-2-10(7)20)5-19-13-11(17)8(15)4-9(16)12(13)18/h1-4,19-20H,5H2. The lowest BCUT2D eigenvalue weighted by Crippen LogP contribution is -2.07. The van der Waals surface area contributed by atoms with Gasteiger partial charge in [0.2, 0.25) is 0 Å². The molecule has 2 nitrogen and oxygen atoms in total. The van der Waals surface area contributed by atoms with Crippen molar-refractivity contribution in [3.63, 3.8) is 0 Å².